The molecule has 2 aromatic rings. The van der Waals surface area contributed by atoms with Crippen LogP contribution in [0, 0.1) is 6.92 Å². The third-order valence-electron chi connectivity index (χ3n) is 3.70. The number of rotatable bonds is 3. The summed E-state index contributed by atoms with van der Waals surface area (Å²) in [6, 6.07) is 0. The summed E-state index contributed by atoms with van der Waals surface area (Å²) < 4.78 is 1.68. The van der Waals surface area contributed by atoms with Crippen LogP contribution in [-0.4, -0.2) is 26.7 Å². The molecule has 1 aliphatic rings. The topological polar surface area (TPSA) is 66.2 Å². The maximum Gasteiger partial charge on any atom is 0.180 e. The molecule has 2 N–H and O–H groups in total. The highest BCUT2D eigenvalue weighted by Gasteiger charge is 2.24. The van der Waals surface area contributed by atoms with Crippen molar-refractivity contribution in [3.63, 3.8) is 0 Å². The van der Waals surface area contributed by atoms with E-state index in [1.807, 2.05) is 13.2 Å². The zero-order valence-electron chi connectivity index (χ0n) is 11.8. The lowest BCUT2D eigenvalue weighted by molar-refractivity contribution is 0.425. The lowest BCUT2D eigenvalue weighted by atomic mass is 9.88. The fraction of sp³-hybridized carbons (Fsp3) is 0.429. The molecule has 1 aromatic heterocycles. The number of benzene rings is 1. The first-order valence-electron chi connectivity index (χ1n) is 6.73. The van der Waals surface area contributed by atoms with E-state index in [-0.39, 0.29) is 0 Å². The fourth-order valence-electron chi connectivity index (χ4n) is 2.61. The van der Waals surface area contributed by atoms with Gasteiger partial charge >= 0.3 is 0 Å². The van der Waals surface area contributed by atoms with Crippen LogP contribution in [0.15, 0.2) is 13.6 Å². The van der Waals surface area contributed by atoms with E-state index in [1.165, 1.54) is 23.1 Å². The lowest BCUT2D eigenvalue weighted by Gasteiger charge is -2.22. The summed E-state index contributed by atoms with van der Waals surface area (Å²) in [5.41, 5.74) is 2.56. The van der Waals surface area contributed by atoms with Gasteiger partial charge in [-0.1, -0.05) is 34.9 Å². The first kappa shape index (κ1) is 15.0. The van der Waals surface area contributed by atoms with E-state index in [9.17, 15) is 10.2 Å². The summed E-state index contributed by atoms with van der Waals surface area (Å²) in [6.07, 6.45) is 5.76. The van der Waals surface area contributed by atoms with Crippen LogP contribution in [0.5, 0.6) is 11.5 Å². The molecule has 0 radical (unpaired) electrons. The molecule has 0 saturated carbocycles. The lowest BCUT2D eigenvalue weighted by Crippen LogP contribution is -2.05. The number of aromatic nitrogens is 2. The SMILES string of the molecule is CSc1nnc(Sc2c(C)c(O)c3c(c2O)CCCC3)s1. The maximum absolute atomic E-state index is 10.6. The van der Waals surface area contributed by atoms with Gasteiger partial charge in [0.15, 0.2) is 8.68 Å². The van der Waals surface area contributed by atoms with Crippen LogP contribution in [0.25, 0.3) is 0 Å². The molecule has 0 spiro atoms. The van der Waals surface area contributed by atoms with E-state index in [0.29, 0.717) is 16.4 Å². The molecule has 1 heterocycles. The fourth-order valence-corrected chi connectivity index (χ4v) is 5.15. The van der Waals surface area contributed by atoms with Crippen LogP contribution in [0.2, 0.25) is 0 Å². The highest BCUT2D eigenvalue weighted by Crippen LogP contribution is 2.47. The minimum atomic E-state index is 0.311. The van der Waals surface area contributed by atoms with Gasteiger partial charge in [-0.05, 0) is 38.9 Å². The molecule has 0 saturated heterocycles. The van der Waals surface area contributed by atoms with Gasteiger partial charge in [0.1, 0.15) is 11.5 Å². The summed E-state index contributed by atoms with van der Waals surface area (Å²) in [4.78, 5) is 0.706. The van der Waals surface area contributed by atoms with Gasteiger partial charge in [-0.25, -0.2) is 0 Å². The van der Waals surface area contributed by atoms with Crippen molar-refractivity contribution in [2.45, 2.75) is 46.2 Å². The van der Waals surface area contributed by atoms with Crippen molar-refractivity contribution in [3.8, 4) is 11.5 Å². The first-order valence-corrected chi connectivity index (χ1v) is 9.59. The van der Waals surface area contributed by atoms with Crippen LogP contribution in [0.1, 0.15) is 29.5 Å². The van der Waals surface area contributed by atoms with E-state index < -0.39 is 0 Å². The maximum atomic E-state index is 10.6. The van der Waals surface area contributed by atoms with Gasteiger partial charge < -0.3 is 10.2 Å². The zero-order chi connectivity index (χ0) is 15.0. The monoisotopic (exact) mass is 340 g/mol. The molecular formula is C14H16N2O2S3. The van der Waals surface area contributed by atoms with Crippen LogP contribution in [0.4, 0.5) is 0 Å². The molecule has 0 aliphatic heterocycles. The van der Waals surface area contributed by atoms with Crippen molar-refractivity contribution < 1.29 is 10.2 Å². The second-order valence-corrected chi connectivity index (χ2v) is 8.24. The number of hydrogen-bond acceptors (Lipinski definition) is 7. The predicted molar refractivity (Wildman–Crippen MR) is 87.0 cm³/mol. The summed E-state index contributed by atoms with van der Waals surface area (Å²) in [6.45, 7) is 1.85. The number of phenolic OH excluding ortho intramolecular Hbond substituents is 2. The zero-order valence-corrected chi connectivity index (χ0v) is 14.3. The molecule has 1 aromatic carbocycles. The smallest absolute Gasteiger partial charge is 0.180 e. The van der Waals surface area contributed by atoms with E-state index in [0.717, 1.165) is 51.1 Å². The number of thioether (sulfide) groups is 1. The van der Waals surface area contributed by atoms with Crippen LogP contribution >= 0.6 is 34.9 Å². The van der Waals surface area contributed by atoms with Gasteiger partial charge in [0.05, 0.1) is 4.90 Å². The Bertz CT molecular complexity index is 685. The summed E-state index contributed by atoms with van der Waals surface area (Å²) in [7, 11) is 0. The van der Waals surface area contributed by atoms with Crippen LogP contribution < -0.4 is 0 Å². The van der Waals surface area contributed by atoms with Gasteiger partial charge in [-0.2, -0.15) is 0 Å². The second-order valence-electron chi connectivity index (χ2n) is 4.96. The van der Waals surface area contributed by atoms with Crippen molar-refractivity contribution in [1.29, 1.82) is 0 Å². The summed E-state index contributed by atoms with van der Waals surface area (Å²) in [5, 5.41) is 29.2. The van der Waals surface area contributed by atoms with Crippen LogP contribution in [0.3, 0.4) is 0 Å². The second kappa shape index (κ2) is 6.06. The predicted octanol–water partition coefficient (Wildman–Crippen LogP) is 4.01. The number of aromatic hydroxyl groups is 2. The minimum absolute atomic E-state index is 0.311. The molecular weight excluding hydrogens is 324 g/mol. The largest absolute Gasteiger partial charge is 0.507 e. The van der Waals surface area contributed by atoms with Crippen LogP contribution in [-0.2, 0) is 12.8 Å². The molecule has 1 aliphatic carbocycles. The molecule has 3 rings (SSSR count). The average molecular weight is 340 g/mol. The average Bonchev–Trinajstić information content (AvgIpc) is 2.97. The molecule has 4 nitrogen and oxygen atoms in total. The Balaban J connectivity index is 2.03. The highest BCUT2D eigenvalue weighted by molar-refractivity contribution is 8.03. The van der Waals surface area contributed by atoms with Crippen molar-refractivity contribution >= 4 is 34.9 Å². The molecule has 0 fully saturated rings. The summed E-state index contributed by atoms with van der Waals surface area (Å²) in [5.74, 6) is 0.644. The standard InChI is InChI=1S/C14H16N2O2S3/c1-7-10(17)8-5-3-4-6-9(8)11(18)12(7)20-14-16-15-13(19-2)21-14/h17-18H,3-6H2,1-2H3. The molecule has 0 amide bonds. The van der Waals surface area contributed by atoms with E-state index in [4.69, 9.17) is 0 Å². The minimum Gasteiger partial charge on any atom is -0.507 e. The van der Waals surface area contributed by atoms with Gasteiger partial charge in [0.2, 0.25) is 0 Å². The van der Waals surface area contributed by atoms with Gasteiger partial charge in [0, 0.05) is 16.7 Å². The highest BCUT2D eigenvalue weighted by atomic mass is 32.2. The van der Waals surface area contributed by atoms with Crippen molar-refractivity contribution in [1.82, 2.24) is 10.2 Å². The van der Waals surface area contributed by atoms with Gasteiger partial charge in [-0.3, -0.25) is 0 Å². The molecule has 0 unspecified atom stereocenters. The Morgan fingerprint density at radius 2 is 1.62 bits per heavy atom. The van der Waals surface area contributed by atoms with Gasteiger partial charge in [0.25, 0.3) is 0 Å². The number of nitrogens with zero attached hydrogens (tertiary/aromatic N) is 2. The van der Waals surface area contributed by atoms with Crippen molar-refractivity contribution in [2.75, 3.05) is 6.26 Å². The third-order valence-corrected chi connectivity index (χ3v) is 6.86. The van der Waals surface area contributed by atoms with E-state index in [1.54, 1.807) is 11.8 Å². The normalized spacial score (nSPS) is 14.2. The number of hydrogen-bond donors (Lipinski definition) is 2. The molecule has 0 atom stereocenters. The Labute approximate surface area is 136 Å². The Morgan fingerprint density at radius 1 is 1.00 bits per heavy atom. The summed E-state index contributed by atoms with van der Waals surface area (Å²) >= 11 is 4.44. The molecule has 7 heteroatoms. The number of fused-ring (bicyclic) bond motifs is 1. The molecule has 0 bridgehead atoms. The van der Waals surface area contributed by atoms with E-state index in [2.05, 4.69) is 10.2 Å². The van der Waals surface area contributed by atoms with Gasteiger partial charge in [-0.15, -0.1) is 10.2 Å². The first-order chi connectivity index (χ1) is 10.1. The van der Waals surface area contributed by atoms with E-state index >= 15 is 0 Å². The quantitative estimate of drug-likeness (QED) is 0.650. The Kier molecular flexibility index (Phi) is 4.33. The number of phenols is 2. The third kappa shape index (κ3) is 2.74. The molecule has 21 heavy (non-hydrogen) atoms. The van der Waals surface area contributed by atoms with Crippen molar-refractivity contribution in [3.05, 3.63) is 16.7 Å². The molecule has 112 valence electrons. The Hall–Kier alpha value is -0.920. The Morgan fingerprint density at radius 3 is 2.24 bits per heavy atom. The van der Waals surface area contributed by atoms with Crippen molar-refractivity contribution in [2.24, 2.45) is 0 Å².